The monoisotopic (exact) mass is 656 g/mol. The number of nitrogens with zero attached hydrogens (tertiary/aromatic N) is 8. The first-order valence-corrected chi connectivity index (χ1v) is 17.2. The molecule has 0 radical (unpaired) electrons. The fourth-order valence-electron chi connectivity index (χ4n) is 5.34. The summed E-state index contributed by atoms with van der Waals surface area (Å²) < 4.78 is 16.2. The van der Waals surface area contributed by atoms with Crippen LogP contribution in [0.1, 0.15) is 17.5 Å². The maximum Gasteiger partial charge on any atom is 0.212 e. The van der Waals surface area contributed by atoms with Gasteiger partial charge < -0.3 is 9.47 Å². The van der Waals surface area contributed by atoms with Gasteiger partial charge in [0.1, 0.15) is 11.5 Å². The van der Waals surface area contributed by atoms with Gasteiger partial charge in [0.25, 0.3) is 0 Å². The molecule has 232 valence electrons. The highest BCUT2D eigenvalue weighted by Gasteiger charge is 2.24. The molecule has 0 bridgehead atoms. The van der Waals surface area contributed by atoms with Crippen molar-refractivity contribution in [1.29, 1.82) is 0 Å². The summed E-state index contributed by atoms with van der Waals surface area (Å²) in [6.07, 6.45) is 0.701. The first kappa shape index (κ1) is 29.2. The fraction of sp³-hybridized carbons (Fsp3) is 0.143. The van der Waals surface area contributed by atoms with E-state index in [0.29, 0.717) is 31.1 Å². The van der Waals surface area contributed by atoms with E-state index in [1.807, 2.05) is 119 Å². The van der Waals surface area contributed by atoms with Crippen molar-refractivity contribution >= 4 is 34.9 Å². The lowest BCUT2D eigenvalue weighted by atomic mass is 10.1. The van der Waals surface area contributed by atoms with Crippen molar-refractivity contribution in [2.45, 2.75) is 16.7 Å². The van der Waals surface area contributed by atoms with Crippen LogP contribution >= 0.6 is 23.5 Å². The number of hydrogen-bond donors (Lipinski definition) is 0. The lowest BCUT2D eigenvalue weighted by Gasteiger charge is -2.18. The molecule has 8 rings (SSSR count). The largest absolute Gasteiger partial charge is 0.493 e. The molecule has 0 unspecified atom stereocenters. The highest BCUT2D eigenvalue weighted by molar-refractivity contribution is 8.00. The van der Waals surface area contributed by atoms with Crippen LogP contribution in [0, 0.1) is 0 Å². The zero-order valence-electron chi connectivity index (χ0n) is 25.1. The van der Waals surface area contributed by atoms with Gasteiger partial charge in [-0.25, -0.2) is 0 Å². The van der Waals surface area contributed by atoms with Gasteiger partial charge in [-0.3, -0.25) is 0 Å². The average Bonchev–Trinajstić information content (AvgIpc) is 3.77. The normalized spacial score (nSPS) is 13.7. The predicted molar refractivity (Wildman–Crippen MR) is 185 cm³/mol. The zero-order chi connectivity index (χ0) is 31.4. The summed E-state index contributed by atoms with van der Waals surface area (Å²) in [4.78, 5) is 0. The van der Waals surface area contributed by atoms with Crippen molar-refractivity contribution in [3.05, 3.63) is 120 Å². The van der Waals surface area contributed by atoms with E-state index in [1.165, 1.54) is 0 Å². The van der Waals surface area contributed by atoms with Gasteiger partial charge in [-0.05, 0) is 24.3 Å². The minimum absolute atomic E-state index is 0.494. The number of hydrogen-bond acceptors (Lipinski definition) is 10. The van der Waals surface area contributed by atoms with Gasteiger partial charge in [0, 0.05) is 40.2 Å². The third kappa shape index (κ3) is 6.05. The molecule has 4 heterocycles. The van der Waals surface area contributed by atoms with Crippen molar-refractivity contribution < 1.29 is 9.47 Å². The van der Waals surface area contributed by atoms with E-state index in [9.17, 15) is 0 Å². The van der Waals surface area contributed by atoms with Gasteiger partial charge in [0.05, 0.1) is 24.6 Å². The molecule has 47 heavy (non-hydrogen) atoms. The van der Waals surface area contributed by atoms with Crippen LogP contribution in [0.15, 0.2) is 130 Å². The highest BCUT2D eigenvalue weighted by atomic mass is 32.2. The van der Waals surface area contributed by atoms with Crippen LogP contribution < -0.4 is 9.47 Å². The molecule has 12 heteroatoms. The Labute approximate surface area is 279 Å². The number of benzene rings is 4. The summed E-state index contributed by atoms with van der Waals surface area (Å²) in [6, 6.07) is 36.0. The van der Waals surface area contributed by atoms with E-state index in [1.54, 1.807) is 23.5 Å². The summed E-state index contributed by atoms with van der Waals surface area (Å²) in [7, 11) is 0. The van der Waals surface area contributed by atoms with Crippen LogP contribution in [0.2, 0.25) is 0 Å². The second kappa shape index (κ2) is 13.3. The minimum Gasteiger partial charge on any atom is -0.493 e. The Morgan fingerprint density at radius 3 is 1.40 bits per heavy atom. The molecule has 10 nitrogen and oxygen atoms in total. The molecule has 0 saturated heterocycles. The third-order valence-electron chi connectivity index (χ3n) is 7.61. The quantitative estimate of drug-likeness (QED) is 0.149. The molecule has 0 aliphatic carbocycles. The molecule has 2 aromatic heterocycles. The lowest BCUT2D eigenvalue weighted by Crippen LogP contribution is -2.16. The summed E-state index contributed by atoms with van der Waals surface area (Å²) in [5, 5.41) is 28.9. The fourth-order valence-corrected chi connectivity index (χ4v) is 6.99. The van der Waals surface area contributed by atoms with Crippen LogP contribution in [-0.4, -0.2) is 65.9 Å². The number of para-hydroxylation sites is 2. The summed E-state index contributed by atoms with van der Waals surface area (Å²) in [5.74, 6) is 4.38. The topological polar surface area (TPSA) is 105 Å². The molecule has 0 amide bonds. The second-order valence-corrected chi connectivity index (χ2v) is 12.6. The van der Waals surface area contributed by atoms with E-state index in [2.05, 4.69) is 20.4 Å². The molecule has 0 atom stereocenters. The van der Waals surface area contributed by atoms with E-state index in [4.69, 9.17) is 19.7 Å². The molecule has 2 aliphatic rings. The van der Waals surface area contributed by atoms with Gasteiger partial charge in [-0.2, -0.15) is 19.6 Å². The maximum atomic E-state index is 6.29. The van der Waals surface area contributed by atoms with E-state index < -0.39 is 0 Å². The molecular weight excluding hydrogens is 629 g/mol. The number of ether oxygens (including phenoxy) is 2. The first-order chi connectivity index (χ1) is 23.3. The Kier molecular flexibility index (Phi) is 8.25. The maximum absolute atomic E-state index is 6.29. The number of fused-ring (bicyclic) bond motifs is 2. The third-order valence-corrected chi connectivity index (χ3v) is 9.47. The molecule has 0 saturated carbocycles. The Hall–Kier alpha value is -5.20. The Bertz CT molecular complexity index is 1940. The Morgan fingerprint density at radius 1 is 0.511 bits per heavy atom. The Balaban J connectivity index is 0.937. The van der Waals surface area contributed by atoms with Gasteiger partial charge in [-0.15, -0.1) is 20.4 Å². The number of rotatable bonds is 10. The molecule has 0 fully saturated rings. The van der Waals surface area contributed by atoms with E-state index in [-0.39, 0.29) is 0 Å². The van der Waals surface area contributed by atoms with Crippen LogP contribution in [0.5, 0.6) is 11.5 Å². The summed E-state index contributed by atoms with van der Waals surface area (Å²) >= 11 is 3.24. The van der Waals surface area contributed by atoms with Crippen molar-refractivity contribution in [2.24, 2.45) is 10.2 Å². The molecule has 4 aromatic carbocycles. The van der Waals surface area contributed by atoms with Crippen molar-refractivity contribution in [2.75, 3.05) is 24.7 Å². The van der Waals surface area contributed by atoms with Gasteiger partial charge in [0.15, 0.2) is 11.6 Å². The van der Waals surface area contributed by atoms with Crippen LogP contribution in [0.25, 0.3) is 22.8 Å². The predicted octanol–water partition coefficient (Wildman–Crippen LogP) is 6.77. The smallest absolute Gasteiger partial charge is 0.212 e. The summed E-state index contributed by atoms with van der Waals surface area (Å²) in [5.41, 5.74) is 5.69. The van der Waals surface area contributed by atoms with Gasteiger partial charge in [0.2, 0.25) is 10.3 Å². The van der Waals surface area contributed by atoms with Gasteiger partial charge >= 0.3 is 0 Å². The molecular formula is C35H28N8O2S2. The van der Waals surface area contributed by atoms with Crippen LogP contribution in [0.3, 0.4) is 0 Å². The molecule has 6 aromatic rings. The first-order valence-electron chi connectivity index (χ1n) is 15.2. The van der Waals surface area contributed by atoms with E-state index in [0.717, 1.165) is 67.1 Å². The average molecular weight is 657 g/mol. The molecule has 0 N–H and O–H groups in total. The summed E-state index contributed by atoms with van der Waals surface area (Å²) in [6.45, 7) is 0.988. The van der Waals surface area contributed by atoms with Crippen LogP contribution in [-0.2, 0) is 0 Å². The minimum atomic E-state index is 0.494. The number of thioether (sulfide) groups is 2. The van der Waals surface area contributed by atoms with Crippen molar-refractivity contribution in [3.8, 4) is 34.3 Å². The highest BCUT2D eigenvalue weighted by Crippen LogP contribution is 2.32. The SMILES string of the molecule is c1ccc(-c2nnc3n2N=C(c2ccccc2OCCCOc2ccccc2C2=Nn4c(nnc4-c4ccccc4)SC2)CS3)cc1. The lowest BCUT2D eigenvalue weighted by molar-refractivity contribution is 0.247. The van der Waals surface area contributed by atoms with Gasteiger partial charge in [-0.1, -0.05) is 108 Å². The molecule has 2 aliphatic heterocycles. The Morgan fingerprint density at radius 2 is 0.936 bits per heavy atom. The van der Waals surface area contributed by atoms with E-state index >= 15 is 0 Å². The standard InChI is InChI=1S/C35H28N8O2S2/c1-3-12-24(13-4-1)32-36-38-34-42(32)40-28(22-46-34)26-16-7-9-18-30(26)44-20-11-21-45-31-19-10-8-17-27(31)29-23-47-35-39-37-33(43(35)41-29)25-14-5-2-6-15-25/h1-10,12-19H,11,20-23H2. The molecule has 0 spiro atoms. The zero-order valence-corrected chi connectivity index (χ0v) is 26.8. The second-order valence-electron chi connectivity index (χ2n) is 10.7. The van der Waals surface area contributed by atoms with Crippen molar-refractivity contribution in [3.63, 3.8) is 0 Å². The number of aromatic nitrogens is 6. The van der Waals surface area contributed by atoms with Crippen molar-refractivity contribution in [1.82, 2.24) is 29.7 Å². The van der Waals surface area contributed by atoms with Crippen LogP contribution in [0.4, 0.5) is 0 Å².